The molecule has 0 saturated carbocycles. The maximum atomic E-state index is 10.9. The maximum Gasteiger partial charge on any atom is 0.305 e. The van der Waals surface area contributed by atoms with Gasteiger partial charge in [-0.1, -0.05) is 26.7 Å². The van der Waals surface area contributed by atoms with E-state index in [0.717, 1.165) is 32.1 Å². The van der Waals surface area contributed by atoms with Crippen molar-refractivity contribution in [3.63, 3.8) is 0 Å². The van der Waals surface area contributed by atoms with E-state index in [1.54, 1.807) is 0 Å². The summed E-state index contributed by atoms with van der Waals surface area (Å²) < 4.78 is 10.8. The number of unbranched alkanes of at least 4 members (excludes halogenated alkanes) is 1. The second kappa shape index (κ2) is 4.78. The quantitative estimate of drug-likeness (QED) is 0.488. The molecule has 1 heterocycles. The molecule has 0 aromatic rings. The molecule has 0 N–H and O–H groups in total. The Morgan fingerprint density at radius 2 is 2.14 bits per heavy atom. The van der Waals surface area contributed by atoms with Crippen LogP contribution in [0, 0.1) is 0 Å². The summed E-state index contributed by atoms with van der Waals surface area (Å²) in [5.74, 6) is -0.794. The monoisotopic (exact) mass is 200 g/mol. The number of carbonyl (C=O) groups is 1. The minimum atomic E-state index is -0.558. The van der Waals surface area contributed by atoms with Crippen LogP contribution in [0.3, 0.4) is 0 Å². The van der Waals surface area contributed by atoms with Gasteiger partial charge in [0.2, 0.25) is 5.79 Å². The van der Waals surface area contributed by atoms with E-state index >= 15 is 0 Å². The molecule has 2 atom stereocenters. The summed E-state index contributed by atoms with van der Waals surface area (Å²) in [6.45, 7) is 5.68. The molecule has 1 rings (SSSR count). The normalized spacial score (nSPS) is 30.1. The van der Waals surface area contributed by atoms with Gasteiger partial charge in [-0.2, -0.15) is 0 Å². The van der Waals surface area contributed by atoms with E-state index in [9.17, 15) is 4.79 Å². The van der Waals surface area contributed by atoms with E-state index in [-0.39, 0.29) is 12.1 Å². The predicted molar refractivity (Wildman–Crippen MR) is 53.8 cm³/mol. The molecule has 0 aliphatic carbocycles. The minimum absolute atomic E-state index is 0.142. The Hall–Kier alpha value is -0.570. The third-order valence-corrected chi connectivity index (χ3v) is 2.52. The first-order valence-electron chi connectivity index (χ1n) is 5.52. The number of ether oxygens (including phenoxy) is 2. The van der Waals surface area contributed by atoms with Gasteiger partial charge in [0.05, 0.1) is 0 Å². The number of epoxide rings is 1. The van der Waals surface area contributed by atoms with Crippen LogP contribution in [0.5, 0.6) is 0 Å². The van der Waals surface area contributed by atoms with Gasteiger partial charge in [-0.25, -0.2) is 0 Å². The van der Waals surface area contributed by atoms with Crippen LogP contribution < -0.4 is 0 Å². The molecule has 3 heteroatoms. The second-order valence-electron chi connectivity index (χ2n) is 3.90. The van der Waals surface area contributed by atoms with Crippen molar-refractivity contribution in [3.05, 3.63) is 0 Å². The molecule has 0 amide bonds. The van der Waals surface area contributed by atoms with E-state index in [4.69, 9.17) is 9.47 Å². The molecule has 82 valence electrons. The lowest BCUT2D eigenvalue weighted by Gasteiger charge is -2.12. The van der Waals surface area contributed by atoms with E-state index in [1.165, 1.54) is 6.92 Å². The molecule has 0 aromatic heterocycles. The standard InChI is InChI=1S/C11H20O3/c1-4-6-8-11(13-9(3)12)10(14-11)7-5-2/h10H,4-8H2,1-3H3. The van der Waals surface area contributed by atoms with Crippen LogP contribution in [0.15, 0.2) is 0 Å². The average molecular weight is 200 g/mol. The summed E-state index contributed by atoms with van der Waals surface area (Å²) in [6, 6.07) is 0. The zero-order valence-corrected chi connectivity index (χ0v) is 9.34. The molecule has 0 aromatic carbocycles. The van der Waals surface area contributed by atoms with Gasteiger partial charge in [0.25, 0.3) is 0 Å². The summed E-state index contributed by atoms with van der Waals surface area (Å²) in [5, 5.41) is 0. The van der Waals surface area contributed by atoms with Crippen molar-refractivity contribution >= 4 is 5.97 Å². The van der Waals surface area contributed by atoms with Crippen molar-refractivity contribution < 1.29 is 14.3 Å². The molecule has 1 aliphatic heterocycles. The first kappa shape index (κ1) is 11.5. The Kier molecular flexibility index (Phi) is 3.93. The fourth-order valence-corrected chi connectivity index (χ4v) is 1.77. The lowest BCUT2D eigenvalue weighted by atomic mass is 10.1. The molecular formula is C11H20O3. The summed E-state index contributed by atoms with van der Waals surface area (Å²) in [5.41, 5.74) is 0. The van der Waals surface area contributed by atoms with Crippen molar-refractivity contribution in [2.75, 3.05) is 0 Å². The van der Waals surface area contributed by atoms with Crippen molar-refractivity contribution in [1.29, 1.82) is 0 Å². The SMILES string of the molecule is CCCCC1(OC(C)=O)OC1CCC. The van der Waals surface area contributed by atoms with Crippen LogP contribution in [0.4, 0.5) is 0 Å². The van der Waals surface area contributed by atoms with Crippen LogP contribution in [-0.2, 0) is 14.3 Å². The van der Waals surface area contributed by atoms with Crippen molar-refractivity contribution in [2.24, 2.45) is 0 Å². The molecule has 0 bridgehead atoms. The largest absolute Gasteiger partial charge is 0.430 e. The zero-order chi connectivity index (χ0) is 10.6. The van der Waals surface area contributed by atoms with Gasteiger partial charge >= 0.3 is 5.97 Å². The van der Waals surface area contributed by atoms with Gasteiger partial charge < -0.3 is 9.47 Å². The number of hydrogen-bond acceptors (Lipinski definition) is 3. The summed E-state index contributed by atoms with van der Waals surface area (Å²) in [7, 11) is 0. The molecule has 1 saturated heterocycles. The van der Waals surface area contributed by atoms with Gasteiger partial charge in [0.1, 0.15) is 6.10 Å². The van der Waals surface area contributed by atoms with Crippen molar-refractivity contribution in [3.8, 4) is 0 Å². The summed E-state index contributed by atoms with van der Waals surface area (Å²) in [6.07, 6.45) is 5.19. The van der Waals surface area contributed by atoms with Gasteiger partial charge in [-0.15, -0.1) is 0 Å². The molecule has 0 radical (unpaired) electrons. The van der Waals surface area contributed by atoms with E-state index in [0.29, 0.717) is 0 Å². The molecule has 1 aliphatic rings. The summed E-state index contributed by atoms with van der Waals surface area (Å²) >= 11 is 0. The third-order valence-electron chi connectivity index (χ3n) is 2.52. The van der Waals surface area contributed by atoms with Crippen LogP contribution in [0.25, 0.3) is 0 Å². The van der Waals surface area contributed by atoms with Crippen LogP contribution in [0.2, 0.25) is 0 Å². The first-order valence-corrected chi connectivity index (χ1v) is 5.52. The second-order valence-corrected chi connectivity index (χ2v) is 3.90. The topological polar surface area (TPSA) is 38.8 Å². The van der Waals surface area contributed by atoms with Crippen LogP contribution >= 0.6 is 0 Å². The Morgan fingerprint density at radius 1 is 1.43 bits per heavy atom. The fourth-order valence-electron chi connectivity index (χ4n) is 1.77. The highest BCUT2D eigenvalue weighted by Gasteiger charge is 2.58. The number of esters is 1. The number of carbonyl (C=O) groups excluding carboxylic acids is 1. The van der Waals surface area contributed by atoms with Gasteiger partial charge in [-0.3, -0.25) is 4.79 Å². The molecule has 1 fully saturated rings. The Morgan fingerprint density at radius 3 is 2.64 bits per heavy atom. The van der Waals surface area contributed by atoms with Crippen LogP contribution in [0.1, 0.15) is 52.9 Å². The van der Waals surface area contributed by atoms with Crippen molar-refractivity contribution in [1.82, 2.24) is 0 Å². The molecule has 2 unspecified atom stereocenters. The van der Waals surface area contributed by atoms with E-state index in [2.05, 4.69) is 13.8 Å². The highest BCUT2D eigenvalue weighted by atomic mass is 16.8. The average Bonchev–Trinajstić information content (AvgIpc) is 2.75. The smallest absolute Gasteiger partial charge is 0.305 e. The van der Waals surface area contributed by atoms with E-state index in [1.807, 2.05) is 0 Å². The Bertz CT molecular complexity index is 203. The molecular weight excluding hydrogens is 180 g/mol. The minimum Gasteiger partial charge on any atom is -0.430 e. The molecule has 14 heavy (non-hydrogen) atoms. The van der Waals surface area contributed by atoms with Gasteiger partial charge in [-0.05, 0) is 12.8 Å². The predicted octanol–water partition coefficient (Wildman–Crippen LogP) is 2.63. The van der Waals surface area contributed by atoms with Gasteiger partial charge in [0.15, 0.2) is 0 Å². The lowest BCUT2D eigenvalue weighted by molar-refractivity contribution is -0.156. The van der Waals surface area contributed by atoms with Crippen molar-refractivity contribution in [2.45, 2.75) is 64.8 Å². The maximum absolute atomic E-state index is 10.9. The summed E-state index contributed by atoms with van der Waals surface area (Å²) in [4.78, 5) is 10.9. The van der Waals surface area contributed by atoms with E-state index < -0.39 is 5.79 Å². The molecule has 3 nitrogen and oxygen atoms in total. The molecule has 0 spiro atoms. The lowest BCUT2D eigenvalue weighted by Crippen LogP contribution is -2.22. The van der Waals surface area contributed by atoms with Crippen LogP contribution in [-0.4, -0.2) is 17.9 Å². The highest BCUT2D eigenvalue weighted by molar-refractivity contribution is 5.66. The number of hydrogen-bond donors (Lipinski definition) is 0. The Labute approximate surface area is 85.8 Å². The first-order chi connectivity index (χ1) is 6.64. The third kappa shape index (κ3) is 2.71. The zero-order valence-electron chi connectivity index (χ0n) is 9.34. The number of rotatable bonds is 6. The van der Waals surface area contributed by atoms with Gasteiger partial charge in [0, 0.05) is 13.3 Å². The Balaban J connectivity index is 2.42. The fraction of sp³-hybridized carbons (Fsp3) is 0.909. The highest BCUT2D eigenvalue weighted by Crippen LogP contribution is 2.44.